The van der Waals surface area contributed by atoms with Gasteiger partial charge in [-0.3, -0.25) is 4.79 Å². The van der Waals surface area contributed by atoms with Crippen molar-refractivity contribution in [3.05, 3.63) is 41.4 Å². The molecule has 7 heteroatoms. The van der Waals surface area contributed by atoms with Gasteiger partial charge < -0.3 is 19.8 Å². The number of H-pyrrole nitrogens is 1. The van der Waals surface area contributed by atoms with Gasteiger partial charge in [-0.05, 0) is 24.6 Å². The second-order valence-corrected chi connectivity index (χ2v) is 5.84. The van der Waals surface area contributed by atoms with Gasteiger partial charge in [0, 0.05) is 36.5 Å². The first-order valence-corrected chi connectivity index (χ1v) is 7.77. The van der Waals surface area contributed by atoms with E-state index in [0.717, 1.165) is 12.1 Å². The lowest BCUT2D eigenvalue weighted by molar-refractivity contribution is -0.117. The van der Waals surface area contributed by atoms with Crippen molar-refractivity contribution in [1.82, 2.24) is 9.97 Å². The van der Waals surface area contributed by atoms with Crippen LogP contribution < -0.4 is 10.1 Å². The van der Waals surface area contributed by atoms with Gasteiger partial charge in [0.2, 0.25) is 5.91 Å². The Morgan fingerprint density at radius 3 is 3.04 bits per heavy atom. The minimum Gasteiger partial charge on any atom is -0.490 e. The highest BCUT2D eigenvalue weighted by atomic mass is 35.5. The average molecular weight is 336 g/mol. The molecule has 0 spiro atoms. The molecule has 1 saturated carbocycles. The Bertz CT molecular complexity index is 675. The largest absolute Gasteiger partial charge is 0.490 e. The summed E-state index contributed by atoms with van der Waals surface area (Å²) in [7, 11) is 1.61. The molecule has 0 radical (unpaired) electrons. The Labute approximate surface area is 139 Å². The number of amides is 1. The molecule has 2 atom stereocenters. The molecule has 2 aromatic rings. The number of halogens is 1. The molecule has 1 amide bonds. The van der Waals surface area contributed by atoms with Gasteiger partial charge in [0.1, 0.15) is 12.4 Å². The van der Waals surface area contributed by atoms with Gasteiger partial charge in [-0.25, -0.2) is 4.98 Å². The Balaban J connectivity index is 1.56. The third kappa shape index (κ3) is 3.83. The van der Waals surface area contributed by atoms with E-state index in [4.69, 9.17) is 21.1 Å². The van der Waals surface area contributed by atoms with E-state index in [0.29, 0.717) is 29.7 Å². The number of aromatic nitrogens is 2. The van der Waals surface area contributed by atoms with Gasteiger partial charge in [0.15, 0.2) is 0 Å². The lowest BCUT2D eigenvalue weighted by Gasteiger charge is -2.10. The van der Waals surface area contributed by atoms with E-state index in [1.165, 1.54) is 0 Å². The summed E-state index contributed by atoms with van der Waals surface area (Å²) in [5.41, 5.74) is 1.67. The normalized spacial score (nSPS) is 19.4. The van der Waals surface area contributed by atoms with Crippen LogP contribution >= 0.6 is 11.6 Å². The molecule has 1 aliphatic rings. The molecule has 1 aromatic heterocycles. The standard InChI is InChI=1S/C16H18ClN3O3/c1-22-4-5-23-15-3-2-10(6-13(15)17)20-16(21)12-7-11(12)14-8-18-9-19-14/h2-3,6,8-9,11-12H,4-5,7H2,1H3,(H,18,19)(H,20,21)/t11-,12-/m1/s1. The van der Waals surface area contributed by atoms with Crippen molar-refractivity contribution in [1.29, 1.82) is 0 Å². The third-order valence-electron chi connectivity index (χ3n) is 3.79. The smallest absolute Gasteiger partial charge is 0.228 e. The maximum Gasteiger partial charge on any atom is 0.228 e. The fraction of sp³-hybridized carbons (Fsp3) is 0.375. The lowest BCUT2D eigenvalue weighted by atomic mass is 10.2. The average Bonchev–Trinajstić information content (AvgIpc) is 3.16. The third-order valence-corrected chi connectivity index (χ3v) is 4.09. The minimum absolute atomic E-state index is 0.00582. The molecule has 0 aliphatic heterocycles. The van der Waals surface area contributed by atoms with Crippen molar-refractivity contribution in [2.24, 2.45) is 5.92 Å². The van der Waals surface area contributed by atoms with Crippen LogP contribution in [0.3, 0.4) is 0 Å². The van der Waals surface area contributed by atoms with E-state index in [2.05, 4.69) is 15.3 Å². The summed E-state index contributed by atoms with van der Waals surface area (Å²) in [6, 6.07) is 5.21. The lowest BCUT2D eigenvalue weighted by Crippen LogP contribution is -2.14. The highest BCUT2D eigenvalue weighted by Crippen LogP contribution is 2.47. The van der Waals surface area contributed by atoms with E-state index in [-0.39, 0.29) is 17.7 Å². The molecule has 122 valence electrons. The Hall–Kier alpha value is -2.05. The number of nitrogens with zero attached hydrogens (tertiary/aromatic N) is 1. The molecule has 1 aromatic carbocycles. The fourth-order valence-corrected chi connectivity index (χ4v) is 2.70. The number of carbonyl (C=O) groups is 1. The number of methoxy groups -OCH3 is 1. The predicted octanol–water partition coefficient (Wildman–Crippen LogP) is 2.83. The first kappa shape index (κ1) is 15.8. The first-order chi connectivity index (χ1) is 11.2. The van der Waals surface area contributed by atoms with Gasteiger partial charge in [-0.1, -0.05) is 11.6 Å². The van der Waals surface area contributed by atoms with Crippen molar-refractivity contribution in [3.63, 3.8) is 0 Å². The van der Waals surface area contributed by atoms with Crippen molar-refractivity contribution in [2.75, 3.05) is 25.6 Å². The van der Waals surface area contributed by atoms with E-state index >= 15 is 0 Å². The molecular weight excluding hydrogens is 318 g/mol. The predicted molar refractivity (Wildman–Crippen MR) is 86.9 cm³/mol. The van der Waals surface area contributed by atoms with Crippen LogP contribution in [0.1, 0.15) is 18.0 Å². The Morgan fingerprint density at radius 2 is 2.35 bits per heavy atom. The summed E-state index contributed by atoms with van der Waals surface area (Å²) in [5.74, 6) is 0.772. The molecular formula is C16H18ClN3O3. The fourth-order valence-electron chi connectivity index (χ4n) is 2.46. The molecule has 0 bridgehead atoms. The van der Waals surface area contributed by atoms with E-state index in [9.17, 15) is 4.79 Å². The molecule has 1 heterocycles. The monoisotopic (exact) mass is 335 g/mol. The van der Waals surface area contributed by atoms with Gasteiger partial charge in [0.25, 0.3) is 0 Å². The van der Waals surface area contributed by atoms with Crippen molar-refractivity contribution in [3.8, 4) is 5.75 Å². The maximum absolute atomic E-state index is 12.3. The summed E-state index contributed by atoms with van der Waals surface area (Å²) >= 11 is 6.17. The number of nitrogens with one attached hydrogen (secondary N) is 2. The van der Waals surface area contributed by atoms with Crippen molar-refractivity contribution in [2.45, 2.75) is 12.3 Å². The molecule has 1 aliphatic carbocycles. The van der Waals surface area contributed by atoms with Gasteiger partial charge in [-0.2, -0.15) is 0 Å². The van der Waals surface area contributed by atoms with Gasteiger partial charge in [0.05, 0.1) is 18.0 Å². The number of ether oxygens (including phenoxy) is 2. The summed E-state index contributed by atoms with van der Waals surface area (Å²) in [4.78, 5) is 19.3. The Kier molecular flexibility index (Phi) is 4.83. The number of imidazole rings is 1. The number of hydrogen-bond acceptors (Lipinski definition) is 4. The number of aromatic amines is 1. The number of carbonyl (C=O) groups excluding carboxylic acids is 1. The van der Waals surface area contributed by atoms with E-state index < -0.39 is 0 Å². The molecule has 6 nitrogen and oxygen atoms in total. The number of anilines is 1. The number of rotatable bonds is 7. The van der Waals surface area contributed by atoms with Crippen LogP contribution in [0.2, 0.25) is 5.02 Å². The van der Waals surface area contributed by atoms with Crippen molar-refractivity contribution < 1.29 is 14.3 Å². The zero-order chi connectivity index (χ0) is 16.2. The highest BCUT2D eigenvalue weighted by molar-refractivity contribution is 6.32. The van der Waals surface area contributed by atoms with Gasteiger partial charge >= 0.3 is 0 Å². The first-order valence-electron chi connectivity index (χ1n) is 7.39. The quantitative estimate of drug-likeness (QED) is 0.763. The van der Waals surface area contributed by atoms with Crippen molar-refractivity contribution >= 4 is 23.2 Å². The second kappa shape index (κ2) is 7.02. The summed E-state index contributed by atoms with van der Waals surface area (Å²) in [6.45, 7) is 0.918. The minimum atomic E-state index is -0.0214. The highest BCUT2D eigenvalue weighted by Gasteiger charge is 2.44. The second-order valence-electron chi connectivity index (χ2n) is 5.43. The Morgan fingerprint density at radius 1 is 1.48 bits per heavy atom. The zero-order valence-electron chi connectivity index (χ0n) is 12.7. The van der Waals surface area contributed by atoms with E-state index in [1.807, 2.05) is 0 Å². The van der Waals surface area contributed by atoms with Crippen LogP contribution in [0, 0.1) is 5.92 Å². The van der Waals surface area contributed by atoms with Crippen LogP contribution in [-0.2, 0) is 9.53 Å². The van der Waals surface area contributed by atoms with Gasteiger partial charge in [-0.15, -0.1) is 0 Å². The van der Waals surface area contributed by atoms with Crippen LogP contribution in [-0.4, -0.2) is 36.2 Å². The van der Waals surface area contributed by atoms with Crippen LogP contribution in [0.15, 0.2) is 30.7 Å². The molecule has 23 heavy (non-hydrogen) atoms. The SMILES string of the molecule is COCCOc1ccc(NC(=O)[C@@H]2C[C@H]2c2cnc[nH]2)cc1Cl. The van der Waals surface area contributed by atoms with Crippen LogP contribution in [0.5, 0.6) is 5.75 Å². The summed E-state index contributed by atoms with van der Waals surface area (Å²) in [5, 5.41) is 3.35. The van der Waals surface area contributed by atoms with E-state index in [1.54, 1.807) is 37.8 Å². The number of benzene rings is 1. The molecule has 3 rings (SSSR count). The van der Waals surface area contributed by atoms with Crippen LogP contribution in [0.25, 0.3) is 0 Å². The molecule has 0 unspecified atom stereocenters. The topological polar surface area (TPSA) is 76.2 Å². The number of hydrogen-bond donors (Lipinski definition) is 2. The zero-order valence-corrected chi connectivity index (χ0v) is 13.5. The molecule has 2 N–H and O–H groups in total. The van der Waals surface area contributed by atoms with Crippen LogP contribution in [0.4, 0.5) is 5.69 Å². The summed E-state index contributed by atoms with van der Waals surface area (Å²) < 4.78 is 10.4. The molecule has 0 saturated heterocycles. The summed E-state index contributed by atoms with van der Waals surface area (Å²) in [6.07, 6.45) is 4.23. The molecule has 1 fully saturated rings. The maximum atomic E-state index is 12.3.